The second-order valence-electron chi connectivity index (χ2n) is 11.9. The van der Waals surface area contributed by atoms with Crippen molar-refractivity contribution >= 4 is 35.0 Å². The summed E-state index contributed by atoms with van der Waals surface area (Å²) in [5, 5.41) is 6.74. The third kappa shape index (κ3) is 4.34. The smallest absolute Gasteiger partial charge is 0.246 e. The maximum absolute atomic E-state index is 14.4. The van der Waals surface area contributed by atoms with Crippen LogP contribution in [0.25, 0.3) is 0 Å². The maximum Gasteiger partial charge on any atom is 0.246 e. The van der Waals surface area contributed by atoms with Crippen molar-refractivity contribution in [3.8, 4) is 0 Å². The van der Waals surface area contributed by atoms with Crippen molar-refractivity contribution in [2.24, 2.45) is 23.7 Å². The SMILES string of the molecule is C[C@@H]1[C@H](C)CCC[C@@H]1NC(=O)[C@@H]1N([C@H](C)c2ccccc2)C(=O)[C@@H]2[C@@H](C(=O)Nc3cccc(Cl)c3)[C@@H]3C=C[C@]21O3. The largest absolute Gasteiger partial charge is 0.359 e. The number of nitrogens with zero attached hydrogens (tertiary/aromatic N) is 1. The molecule has 0 aromatic heterocycles. The average molecular weight is 562 g/mol. The Labute approximate surface area is 240 Å². The number of hydrogen-bond acceptors (Lipinski definition) is 4. The van der Waals surface area contributed by atoms with Crippen LogP contribution >= 0.6 is 11.6 Å². The van der Waals surface area contributed by atoms with E-state index in [4.69, 9.17) is 16.3 Å². The van der Waals surface area contributed by atoms with Crippen LogP contribution in [0.1, 0.15) is 51.6 Å². The molecule has 6 rings (SSSR count). The third-order valence-electron chi connectivity index (χ3n) is 9.69. The number of rotatable bonds is 6. The first kappa shape index (κ1) is 27.0. The first-order valence-electron chi connectivity index (χ1n) is 14.3. The van der Waals surface area contributed by atoms with Crippen LogP contribution in [0.15, 0.2) is 66.7 Å². The fourth-order valence-electron chi connectivity index (χ4n) is 7.35. The van der Waals surface area contributed by atoms with Gasteiger partial charge in [0.25, 0.3) is 0 Å². The quantitative estimate of drug-likeness (QED) is 0.479. The zero-order valence-electron chi connectivity index (χ0n) is 23.0. The van der Waals surface area contributed by atoms with Gasteiger partial charge in [0, 0.05) is 16.8 Å². The average Bonchev–Trinajstić information content (AvgIpc) is 3.58. The molecule has 0 unspecified atom stereocenters. The van der Waals surface area contributed by atoms with Crippen LogP contribution in [-0.2, 0) is 19.1 Å². The molecule has 2 aromatic carbocycles. The fraction of sp³-hybridized carbons (Fsp3) is 0.469. The number of hydrogen-bond donors (Lipinski definition) is 2. The van der Waals surface area contributed by atoms with E-state index in [1.807, 2.05) is 49.4 Å². The molecule has 3 aliphatic heterocycles. The highest BCUT2D eigenvalue weighted by molar-refractivity contribution is 6.30. The Hall–Kier alpha value is -3.16. The summed E-state index contributed by atoms with van der Waals surface area (Å²) in [6.07, 6.45) is 6.22. The molecular weight excluding hydrogens is 526 g/mol. The maximum atomic E-state index is 14.4. The minimum absolute atomic E-state index is 0.0280. The lowest BCUT2D eigenvalue weighted by Crippen LogP contribution is -2.58. The van der Waals surface area contributed by atoms with Gasteiger partial charge in [-0.25, -0.2) is 0 Å². The van der Waals surface area contributed by atoms with Crippen LogP contribution < -0.4 is 10.6 Å². The summed E-state index contributed by atoms with van der Waals surface area (Å²) in [5.41, 5.74) is 0.255. The molecule has 4 aliphatic rings. The van der Waals surface area contributed by atoms with Crippen LogP contribution in [0.3, 0.4) is 0 Å². The number of carbonyl (C=O) groups excluding carboxylic acids is 3. The second kappa shape index (κ2) is 10.3. The van der Waals surface area contributed by atoms with Crippen molar-refractivity contribution in [3.05, 3.63) is 77.3 Å². The number of fused-ring (bicyclic) bond motifs is 1. The number of halogens is 1. The molecule has 2 aromatic rings. The molecule has 3 heterocycles. The van der Waals surface area contributed by atoms with Gasteiger partial charge in [-0.2, -0.15) is 0 Å². The highest BCUT2D eigenvalue weighted by atomic mass is 35.5. The molecule has 3 fully saturated rings. The summed E-state index contributed by atoms with van der Waals surface area (Å²) in [6.45, 7) is 6.36. The highest BCUT2D eigenvalue weighted by Crippen LogP contribution is 2.56. The van der Waals surface area contributed by atoms with Gasteiger partial charge in [0.15, 0.2) is 0 Å². The highest BCUT2D eigenvalue weighted by Gasteiger charge is 2.73. The summed E-state index contributed by atoms with van der Waals surface area (Å²) in [5.74, 6) is -1.52. The van der Waals surface area contributed by atoms with Gasteiger partial charge in [0.1, 0.15) is 11.6 Å². The molecule has 8 heteroatoms. The van der Waals surface area contributed by atoms with E-state index in [0.29, 0.717) is 22.5 Å². The molecule has 3 amide bonds. The summed E-state index contributed by atoms with van der Waals surface area (Å²) >= 11 is 6.14. The monoisotopic (exact) mass is 561 g/mol. The Kier molecular flexibility index (Phi) is 6.99. The van der Waals surface area contributed by atoms with Gasteiger partial charge in [0.2, 0.25) is 17.7 Å². The molecule has 9 atom stereocenters. The third-order valence-corrected chi connectivity index (χ3v) is 9.92. The van der Waals surface area contributed by atoms with Gasteiger partial charge in [-0.05, 0) is 48.9 Å². The van der Waals surface area contributed by atoms with E-state index in [1.54, 1.807) is 29.2 Å². The van der Waals surface area contributed by atoms with Crippen molar-refractivity contribution in [1.29, 1.82) is 0 Å². The van der Waals surface area contributed by atoms with Crippen LogP contribution in [0, 0.1) is 23.7 Å². The van der Waals surface area contributed by atoms with E-state index in [1.165, 1.54) is 0 Å². The van der Waals surface area contributed by atoms with Crippen molar-refractivity contribution in [1.82, 2.24) is 10.2 Å². The first-order valence-corrected chi connectivity index (χ1v) is 14.7. The molecule has 7 nitrogen and oxygen atoms in total. The first-order chi connectivity index (χ1) is 19.2. The zero-order valence-corrected chi connectivity index (χ0v) is 23.8. The fourth-order valence-corrected chi connectivity index (χ4v) is 7.55. The van der Waals surface area contributed by atoms with Crippen LogP contribution in [0.2, 0.25) is 5.02 Å². The van der Waals surface area contributed by atoms with Crippen LogP contribution in [0.5, 0.6) is 0 Å². The van der Waals surface area contributed by atoms with Gasteiger partial charge in [-0.1, -0.05) is 86.8 Å². The molecule has 1 saturated carbocycles. The molecule has 2 saturated heterocycles. The number of carbonyl (C=O) groups is 3. The predicted molar refractivity (Wildman–Crippen MR) is 153 cm³/mol. The molecule has 0 radical (unpaired) electrons. The summed E-state index contributed by atoms with van der Waals surface area (Å²) in [7, 11) is 0. The van der Waals surface area contributed by atoms with Gasteiger partial charge >= 0.3 is 0 Å². The predicted octanol–water partition coefficient (Wildman–Crippen LogP) is 5.13. The summed E-state index contributed by atoms with van der Waals surface area (Å²) in [6, 6.07) is 15.4. The Bertz CT molecular complexity index is 1350. The number of likely N-dealkylation sites (tertiary alicyclic amines) is 1. The summed E-state index contributed by atoms with van der Waals surface area (Å²) in [4.78, 5) is 44.0. The van der Waals surface area contributed by atoms with Crippen LogP contribution in [0.4, 0.5) is 5.69 Å². The molecular formula is C32H36ClN3O4. The Morgan fingerprint density at radius 1 is 1.07 bits per heavy atom. The molecule has 1 spiro atoms. The van der Waals surface area contributed by atoms with E-state index >= 15 is 0 Å². The normalized spacial score (nSPS) is 35.0. The number of nitrogens with one attached hydrogen (secondary N) is 2. The standard InChI is InChI=1S/C32H36ClN3O4/c1-18-9-7-14-24(19(18)2)35-30(38)28-32-16-15-25(40-32)26(29(37)34-23-13-8-12-22(33)17-23)27(32)31(39)36(28)20(3)21-10-5-4-6-11-21/h4-6,8,10-13,15-20,24-28H,7,9,14H2,1-3H3,(H,34,37)(H,35,38)/t18-,19-,20-,24+,25+,26+,27+,28+,32+/m1/s1. The molecule has 2 bridgehead atoms. The molecule has 40 heavy (non-hydrogen) atoms. The minimum Gasteiger partial charge on any atom is -0.359 e. The summed E-state index contributed by atoms with van der Waals surface area (Å²) < 4.78 is 6.52. The van der Waals surface area contributed by atoms with Gasteiger partial charge in [-0.15, -0.1) is 0 Å². The van der Waals surface area contributed by atoms with Crippen LogP contribution in [-0.4, -0.2) is 46.4 Å². The number of amides is 3. The van der Waals surface area contributed by atoms with Gasteiger partial charge < -0.3 is 20.3 Å². The Morgan fingerprint density at radius 2 is 1.85 bits per heavy atom. The van der Waals surface area contributed by atoms with Crippen molar-refractivity contribution in [3.63, 3.8) is 0 Å². The topological polar surface area (TPSA) is 87.7 Å². The lowest BCUT2D eigenvalue weighted by atomic mass is 9.73. The Balaban J connectivity index is 1.35. The van der Waals surface area contributed by atoms with E-state index in [0.717, 1.165) is 24.8 Å². The van der Waals surface area contributed by atoms with E-state index in [9.17, 15) is 14.4 Å². The van der Waals surface area contributed by atoms with Gasteiger partial charge in [0.05, 0.1) is 24.0 Å². The van der Waals surface area contributed by atoms with E-state index < -0.39 is 29.6 Å². The van der Waals surface area contributed by atoms with Crippen molar-refractivity contribution < 1.29 is 19.1 Å². The molecule has 210 valence electrons. The number of anilines is 1. The molecule has 1 aliphatic carbocycles. The van der Waals surface area contributed by atoms with E-state index in [-0.39, 0.29) is 29.8 Å². The lowest BCUT2D eigenvalue weighted by molar-refractivity contribution is -0.144. The second-order valence-corrected chi connectivity index (χ2v) is 12.4. The van der Waals surface area contributed by atoms with Crippen molar-refractivity contribution in [2.45, 2.75) is 69.9 Å². The van der Waals surface area contributed by atoms with E-state index in [2.05, 4.69) is 24.5 Å². The van der Waals surface area contributed by atoms with Gasteiger partial charge in [-0.3, -0.25) is 14.4 Å². The number of benzene rings is 2. The lowest BCUT2D eigenvalue weighted by Gasteiger charge is -2.39. The number of ether oxygens (including phenoxy) is 1. The van der Waals surface area contributed by atoms with Crippen molar-refractivity contribution in [2.75, 3.05) is 5.32 Å². The zero-order chi connectivity index (χ0) is 28.2. The minimum atomic E-state index is -1.21. The molecule has 2 N–H and O–H groups in total. The Morgan fingerprint density at radius 3 is 2.60 bits per heavy atom.